The lowest BCUT2D eigenvalue weighted by atomic mass is 10.0. The van der Waals surface area contributed by atoms with Crippen LogP contribution in [-0.2, 0) is 6.42 Å². The normalized spacial score (nSPS) is 10.9. The summed E-state index contributed by atoms with van der Waals surface area (Å²) in [6.07, 6.45) is 1.30. The van der Waals surface area contributed by atoms with E-state index in [-0.39, 0.29) is 17.7 Å². The first-order chi connectivity index (χ1) is 17.4. The molecule has 1 N–H and O–H groups in total. The van der Waals surface area contributed by atoms with E-state index in [1.807, 2.05) is 68.4 Å². The molecular weight excluding hydrogens is 457 g/mol. The number of carbonyl (C=O) groups excluding carboxylic acids is 2. The first-order valence-electron chi connectivity index (χ1n) is 12.0. The second-order valence-electron chi connectivity index (χ2n) is 8.51. The molecule has 0 saturated heterocycles. The minimum atomic E-state index is -0.530. The number of aromatic nitrogens is 2. The summed E-state index contributed by atoms with van der Waals surface area (Å²) in [7, 11) is 0. The van der Waals surface area contributed by atoms with Crippen molar-refractivity contribution in [1.82, 2.24) is 14.7 Å². The van der Waals surface area contributed by atoms with Gasteiger partial charge in [-0.1, -0.05) is 68.4 Å². The number of benzene rings is 3. The van der Waals surface area contributed by atoms with Gasteiger partial charge in [-0.3, -0.25) is 19.5 Å². The lowest BCUT2D eigenvalue weighted by Crippen LogP contribution is -2.37. The van der Waals surface area contributed by atoms with Crippen molar-refractivity contribution in [2.45, 2.75) is 26.7 Å². The molecule has 1 heterocycles. The zero-order valence-electron chi connectivity index (χ0n) is 20.3. The van der Waals surface area contributed by atoms with E-state index < -0.39 is 23.1 Å². The molecule has 0 aliphatic heterocycles. The number of nitrogens with one attached hydrogen (secondary N) is 1. The van der Waals surface area contributed by atoms with Crippen molar-refractivity contribution in [2.75, 3.05) is 13.1 Å². The summed E-state index contributed by atoms with van der Waals surface area (Å²) in [5, 5.41) is 3.14. The van der Waals surface area contributed by atoms with Crippen molar-refractivity contribution in [1.29, 1.82) is 0 Å². The number of amides is 1. The molecule has 4 rings (SSSR count). The Morgan fingerprint density at radius 1 is 0.944 bits per heavy atom. The van der Waals surface area contributed by atoms with Crippen LogP contribution in [0.5, 0.6) is 0 Å². The van der Waals surface area contributed by atoms with Crippen molar-refractivity contribution in [3.05, 3.63) is 112 Å². The van der Waals surface area contributed by atoms with Crippen LogP contribution in [0.3, 0.4) is 0 Å². The van der Waals surface area contributed by atoms with Crippen LogP contribution in [-0.4, -0.2) is 39.5 Å². The fourth-order valence-electron chi connectivity index (χ4n) is 4.29. The van der Waals surface area contributed by atoms with Gasteiger partial charge in [0.2, 0.25) is 0 Å². The number of nitrogens with zero attached hydrogens (tertiary/aromatic N) is 2. The van der Waals surface area contributed by atoms with Gasteiger partial charge in [-0.2, -0.15) is 0 Å². The van der Waals surface area contributed by atoms with Gasteiger partial charge in [0.15, 0.2) is 5.78 Å². The Kier molecular flexibility index (Phi) is 7.59. The minimum absolute atomic E-state index is 0.0137. The molecule has 1 amide bonds. The first kappa shape index (κ1) is 24.9. The second-order valence-corrected chi connectivity index (χ2v) is 8.51. The number of carbonyl (C=O) groups is 2. The Hall–Kier alpha value is -4.26. The van der Waals surface area contributed by atoms with Gasteiger partial charge in [0.1, 0.15) is 11.4 Å². The van der Waals surface area contributed by atoms with E-state index in [0.717, 1.165) is 11.6 Å². The lowest BCUT2D eigenvalue weighted by Gasteiger charge is -2.21. The Morgan fingerprint density at radius 2 is 1.67 bits per heavy atom. The molecule has 0 spiro atoms. The predicted octanol–water partition coefficient (Wildman–Crippen LogP) is 5.27. The quantitative estimate of drug-likeness (QED) is 0.328. The van der Waals surface area contributed by atoms with Crippen LogP contribution in [0.15, 0.2) is 83.7 Å². The maximum Gasteiger partial charge on any atom is 0.282 e. The smallest absolute Gasteiger partial charge is 0.282 e. The van der Waals surface area contributed by atoms with Crippen molar-refractivity contribution in [2.24, 2.45) is 0 Å². The van der Waals surface area contributed by atoms with Gasteiger partial charge in [-0.05, 0) is 42.7 Å². The maximum absolute atomic E-state index is 13.7. The van der Waals surface area contributed by atoms with Crippen molar-refractivity contribution in [3.8, 4) is 16.9 Å². The van der Waals surface area contributed by atoms with Gasteiger partial charge < -0.3 is 4.90 Å². The number of rotatable bonds is 9. The zero-order chi connectivity index (χ0) is 25.7. The number of aryl methyl sites for hydroxylation is 1. The van der Waals surface area contributed by atoms with E-state index in [1.165, 1.54) is 27.8 Å². The van der Waals surface area contributed by atoms with Crippen LogP contribution < -0.4 is 5.56 Å². The van der Waals surface area contributed by atoms with Crippen molar-refractivity contribution in [3.63, 3.8) is 0 Å². The summed E-state index contributed by atoms with van der Waals surface area (Å²) in [5.74, 6) is -1.47. The third-order valence-corrected chi connectivity index (χ3v) is 6.03. The number of aromatic amines is 1. The molecule has 0 saturated carbocycles. The number of Topliss-reactive ketones (excluding diaryl/α,β-unsaturated/α-hetero) is 1. The van der Waals surface area contributed by atoms with E-state index in [2.05, 4.69) is 5.10 Å². The van der Waals surface area contributed by atoms with Gasteiger partial charge in [-0.25, -0.2) is 9.07 Å². The molecule has 184 valence electrons. The van der Waals surface area contributed by atoms with Crippen molar-refractivity contribution >= 4 is 11.7 Å². The summed E-state index contributed by atoms with van der Waals surface area (Å²) >= 11 is 0. The molecule has 36 heavy (non-hydrogen) atoms. The SMILES string of the molecule is CCCN(CC(=O)c1c(-c2ccccc2)[nH]n(-c2ccccc2CC)c1=O)C(=O)c1cccc(F)c1. The monoisotopic (exact) mass is 485 g/mol. The molecular formula is C29H28FN3O3. The Balaban J connectivity index is 1.78. The molecule has 0 aliphatic carbocycles. The highest BCUT2D eigenvalue weighted by molar-refractivity contribution is 6.05. The maximum atomic E-state index is 13.7. The number of H-pyrrole nitrogens is 1. The van der Waals surface area contributed by atoms with Crippen LogP contribution in [0.4, 0.5) is 4.39 Å². The third kappa shape index (κ3) is 5.05. The van der Waals surface area contributed by atoms with Gasteiger partial charge in [-0.15, -0.1) is 0 Å². The summed E-state index contributed by atoms with van der Waals surface area (Å²) in [5.41, 5.74) is 2.36. The Bertz CT molecular complexity index is 1440. The molecule has 6 nitrogen and oxygen atoms in total. The number of hydrogen-bond donors (Lipinski definition) is 1. The molecule has 0 atom stereocenters. The first-order valence-corrected chi connectivity index (χ1v) is 12.0. The van der Waals surface area contributed by atoms with Gasteiger partial charge in [0, 0.05) is 17.7 Å². The average molecular weight is 486 g/mol. The molecule has 0 unspecified atom stereocenters. The molecule has 3 aromatic carbocycles. The highest BCUT2D eigenvalue weighted by Gasteiger charge is 2.27. The summed E-state index contributed by atoms with van der Waals surface area (Å²) in [6.45, 7) is 3.87. The number of ketones is 1. The van der Waals surface area contributed by atoms with Crippen molar-refractivity contribution < 1.29 is 14.0 Å². The van der Waals surface area contributed by atoms with Crippen LogP contribution in [0.1, 0.15) is 46.5 Å². The van der Waals surface area contributed by atoms with Gasteiger partial charge in [0.05, 0.1) is 17.9 Å². The predicted molar refractivity (Wildman–Crippen MR) is 138 cm³/mol. The lowest BCUT2D eigenvalue weighted by molar-refractivity contribution is 0.0709. The molecule has 0 radical (unpaired) electrons. The van der Waals surface area contributed by atoms with E-state index in [1.54, 1.807) is 0 Å². The van der Waals surface area contributed by atoms with E-state index in [0.29, 0.717) is 36.3 Å². The van der Waals surface area contributed by atoms with E-state index in [9.17, 15) is 18.8 Å². The highest BCUT2D eigenvalue weighted by atomic mass is 19.1. The fourth-order valence-corrected chi connectivity index (χ4v) is 4.29. The number of para-hydroxylation sites is 1. The van der Waals surface area contributed by atoms with Crippen LogP contribution in [0.25, 0.3) is 16.9 Å². The zero-order valence-corrected chi connectivity index (χ0v) is 20.3. The standard InChI is InChI=1S/C29H28FN3O3/c1-3-17-32(28(35)22-14-10-15-23(30)18-22)19-25(34)26-27(21-12-6-5-7-13-21)31-33(29(26)36)24-16-9-8-11-20(24)4-2/h5-16,18,31H,3-4,17,19H2,1-2H3. The number of hydrogen-bond acceptors (Lipinski definition) is 3. The molecule has 0 fully saturated rings. The minimum Gasteiger partial charge on any atom is -0.331 e. The molecule has 1 aromatic heterocycles. The summed E-state index contributed by atoms with van der Waals surface area (Å²) in [4.78, 5) is 41.8. The van der Waals surface area contributed by atoms with Gasteiger partial charge in [0.25, 0.3) is 11.5 Å². The summed E-state index contributed by atoms with van der Waals surface area (Å²) in [6, 6.07) is 22.0. The highest BCUT2D eigenvalue weighted by Crippen LogP contribution is 2.23. The molecule has 4 aromatic rings. The Labute approximate surface area is 209 Å². The van der Waals surface area contributed by atoms with Crippen LogP contribution in [0, 0.1) is 5.82 Å². The molecule has 0 aliphatic rings. The second kappa shape index (κ2) is 11.0. The summed E-state index contributed by atoms with van der Waals surface area (Å²) < 4.78 is 15.1. The van der Waals surface area contributed by atoms with Crippen LogP contribution in [0.2, 0.25) is 0 Å². The van der Waals surface area contributed by atoms with E-state index in [4.69, 9.17) is 0 Å². The Morgan fingerprint density at radius 3 is 2.36 bits per heavy atom. The van der Waals surface area contributed by atoms with Gasteiger partial charge >= 0.3 is 0 Å². The van der Waals surface area contributed by atoms with Crippen LogP contribution >= 0.6 is 0 Å². The number of halogens is 1. The average Bonchev–Trinajstić information content (AvgIpc) is 3.25. The fraction of sp³-hybridized carbons (Fsp3) is 0.207. The molecule has 0 bridgehead atoms. The topological polar surface area (TPSA) is 75.2 Å². The molecule has 7 heteroatoms. The largest absolute Gasteiger partial charge is 0.331 e. The third-order valence-electron chi connectivity index (χ3n) is 6.03. The van der Waals surface area contributed by atoms with E-state index >= 15 is 0 Å².